The van der Waals surface area contributed by atoms with Crippen molar-refractivity contribution >= 4 is 38.2 Å². The number of carbonyl (C=O) groups excluding carboxylic acids is 1. The second kappa shape index (κ2) is 5.10. The van der Waals surface area contributed by atoms with E-state index in [0.29, 0.717) is 12.1 Å². The molecule has 0 saturated heterocycles. The summed E-state index contributed by atoms with van der Waals surface area (Å²) in [7, 11) is 0. The molecule has 0 aliphatic carbocycles. The lowest BCUT2D eigenvalue weighted by Crippen LogP contribution is -2.23. The average molecular weight is 299 g/mol. The first-order valence-electron chi connectivity index (χ1n) is 7.74. The van der Waals surface area contributed by atoms with Crippen LogP contribution < -0.4 is 5.32 Å². The molecule has 0 spiro atoms. The third-order valence-corrected chi connectivity index (χ3v) is 4.45. The van der Waals surface area contributed by atoms with Crippen LogP contribution in [0.4, 0.5) is 0 Å². The highest BCUT2D eigenvalue weighted by Gasteiger charge is 2.11. The molecule has 0 unspecified atom stereocenters. The predicted molar refractivity (Wildman–Crippen MR) is 96.8 cm³/mol. The molecule has 0 atom stereocenters. The van der Waals surface area contributed by atoms with Crippen molar-refractivity contribution < 1.29 is 4.79 Å². The summed E-state index contributed by atoms with van der Waals surface area (Å²) >= 11 is 0. The number of carbonyl (C=O) groups is 1. The van der Waals surface area contributed by atoms with Crippen LogP contribution in [0.5, 0.6) is 0 Å². The molecule has 0 aromatic heterocycles. The van der Waals surface area contributed by atoms with E-state index in [0.717, 1.165) is 5.56 Å². The van der Waals surface area contributed by atoms with Gasteiger partial charge in [-0.25, -0.2) is 0 Å². The van der Waals surface area contributed by atoms with Crippen LogP contribution in [-0.4, -0.2) is 5.91 Å². The van der Waals surface area contributed by atoms with Gasteiger partial charge in [0.2, 0.25) is 5.91 Å². The Balaban J connectivity index is 1.93. The molecule has 0 fully saturated rings. The van der Waals surface area contributed by atoms with Gasteiger partial charge in [-0.3, -0.25) is 4.79 Å². The highest BCUT2D eigenvalue weighted by atomic mass is 16.1. The zero-order chi connectivity index (χ0) is 16.0. The highest BCUT2D eigenvalue weighted by molar-refractivity contribution is 6.23. The van der Waals surface area contributed by atoms with E-state index in [1.165, 1.54) is 32.3 Å². The Labute approximate surface area is 134 Å². The number of nitrogens with one attached hydrogen (secondary N) is 1. The van der Waals surface area contributed by atoms with Gasteiger partial charge >= 0.3 is 0 Å². The first kappa shape index (κ1) is 13.8. The van der Waals surface area contributed by atoms with Gasteiger partial charge in [0.15, 0.2) is 0 Å². The van der Waals surface area contributed by atoms with Crippen LogP contribution in [0.15, 0.2) is 66.7 Å². The maximum absolute atomic E-state index is 11.8. The Morgan fingerprint density at radius 3 is 2.22 bits per heavy atom. The van der Waals surface area contributed by atoms with E-state index >= 15 is 0 Å². The molecule has 1 N–H and O–H groups in total. The molecule has 0 saturated carbocycles. The van der Waals surface area contributed by atoms with E-state index in [4.69, 9.17) is 0 Å². The first-order chi connectivity index (χ1) is 11.1. The van der Waals surface area contributed by atoms with E-state index in [2.05, 4.69) is 66.5 Å². The van der Waals surface area contributed by atoms with Crippen LogP contribution in [0.3, 0.4) is 0 Å². The Hall–Kier alpha value is -2.87. The van der Waals surface area contributed by atoms with Crippen molar-refractivity contribution in [1.29, 1.82) is 0 Å². The maximum atomic E-state index is 11.8. The fraction of sp³-hybridized carbons (Fsp3) is 0.0952. The van der Waals surface area contributed by atoms with Crippen molar-refractivity contribution in [3.05, 3.63) is 72.3 Å². The number of hydrogen-bond donors (Lipinski definition) is 1. The Kier molecular flexibility index (Phi) is 3.05. The molecule has 0 radical (unpaired) electrons. The lowest BCUT2D eigenvalue weighted by Gasteiger charge is -2.14. The molecular formula is C21H17NO. The van der Waals surface area contributed by atoms with Crippen molar-refractivity contribution in [2.75, 3.05) is 0 Å². The summed E-state index contributed by atoms with van der Waals surface area (Å²) in [4.78, 5) is 11.8. The molecule has 23 heavy (non-hydrogen) atoms. The minimum atomic E-state index is -0.101. The summed E-state index contributed by atoms with van der Waals surface area (Å²) in [6.07, 6.45) is 0. The number of amides is 1. The Morgan fingerprint density at radius 2 is 1.52 bits per heavy atom. The molecule has 1 amide bonds. The summed E-state index contributed by atoms with van der Waals surface area (Å²) in [5.41, 5.74) is 1.66. The van der Waals surface area contributed by atoms with Crippen molar-refractivity contribution in [3.8, 4) is 0 Å². The van der Waals surface area contributed by atoms with E-state index in [1.54, 1.807) is 6.92 Å². The minimum Gasteiger partial charge on any atom is -0.348 e. The third-order valence-electron chi connectivity index (χ3n) is 4.45. The molecular weight excluding hydrogens is 282 g/mol. The average Bonchev–Trinajstić information content (AvgIpc) is 2.58. The van der Waals surface area contributed by atoms with Crippen molar-refractivity contribution in [2.45, 2.75) is 13.5 Å². The van der Waals surface area contributed by atoms with Gasteiger partial charge < -0.3 is 5.32 Å². The molecule has 2 nitrogen and oxygen atoms in total. The van der Waals surface area contributed by atoms with Crippen molar-refractivity contribution in [1.82, 2.24) is 5.32 Å². The molecule has 4 aromatic carbocycles. The van der Waals surface area contributed by atoms with Crippen molar-refractivity contribution in [2.24, 2.45) is 0 Å². The smallest absolute Gasteiger partial charge is 0.246 e. The molecule has 112 valence electrons. The number of benzene rings is 4. The lowest BCUT2D eigenvalue weighted by molar-refractivity contribution is -0.117. The van der Waals surface area contributed by atoms with E-state index in [1.807, 2.05) is 0 Å². The van der Waals surface area contributed by atoms with Gasteiger partial charge in [-0.15, -0.1) is 0 Å². The largest absolute Gasteiger partial charge is 0.348 e. The van der Waals surface area contributed by atoms with Crippen LogP contribution in [-0.2, 0) is 11.3 Å². The molecule has 2 heteroatoms. The van der Waals surface area contributed by atoms with Gasteiger partial charge in [0.05, 0.1) is 0 Å². The SMILES string of the molecule is C=C(C)C(=O)NCc1ccc2ccc3cccc4ccc1c2c34. The number of rotatable bonds is 3. The summed E-state index contributed by atoms with van der Waals surface area (Å²) in [5.74, 6) is -0.101. The monoisotopic (exact) mass is 299 g/mol. The van der Waals surface area contributed by atoms with Gasteiger partial charge in [0.1, 0.15) is 0 Å². The second-order valence-electron chi connectivity index (χ2n) is 6.04. The standard InChI is InChI=1S/C21H17NO/c1-13(2)21(23)22-12-17-9-8-16-7-6-14-4-3-5-15-10-11-18(17)20(16)19(14)15/h3-11H,1,12H2,2H3,(H,22,23). The van der Waals surface area contributed by atoms with Gasteiger partial charge in [-0.05, 0) is 44.8 Å². The third kappa shape index (κ3) is 2.15. The molecule has 0 aliphatic heterocycles. The highest BCUT2D eigenvalue weighted by Crippen LogP contribution is 2.35. The van der Waals surface area contributed by atoms with Gasteiger partial charge in [0.25, 0.3) is 0 Å². The first-order valence-corrected chi connectivity index (χ1v) is 7.74. The fourth-order valence-electron chi connectivity index (χ4n) is 3.28. The maximum Gasteiger partial charge on any atom is 0.246 e. The van der Waals surface area contributed by atoms with Crippen molar-refractivity contribution in [3.63, 3.8) is 0 Å². The normalized spacial score (nSPS) is 11.3. The zero-order valence-corrected chi connectivity index (χ0v) is 13.0. The summed E-state index contributed by atoms with van der Waals surface area (Å²) in [5, 5.41) is 10.5. The van der Waals surface area contributed by atoms with Gasteiger partial charge in [-0.1, -0.05) is 61.2 Å². The second-order valence-corrected chi connectivity index (χ2v) is 6.04. The van der Waals surface area contributed by atoms with Crippen LogP contribution in [0.2, 0.25) is 0 Å². The Bertz CT molecular complexity index is 1050. The van der Waals surface area contributed by atoms with E-state index in [-0.39, 0.29) is 5.91 Å². The molecule has 0 aliphatic rings. The van der Waals surface area contributed by atoms with E-state index < -0.39 is 0 Å². The van der Waals surface area contributed by atoms with Crippen LogP contribution in [0.1, 0.15) is 12.5 Å². The zero-order valence-electron chi connectivity index (χ0n) is 13.0. The van der Waals surface area contributed by atoms with Crippen LogP contribution in [0, 0.1) is 0 Å². The van der Waals surface area contributed by atoms with Crippen LogP contribution in [0.25, 0.3) is 32.3 Å². The summed E-state index contributed by atoms with van der Waals surface area (Å²) in [6.45, 7) is 5.92. The Morgan fingerprint density at radius 1 is 0.913 bits per heavy atom. The minimum absolute atomic E-state index is 0.101. The van der Waals surface area contributed by atoms with Crippen LogP contribution >= 0.6 is 0 Å². The summed E-state index contributed by atoms with van der Waals surface area (Å²) < 4.78 is 0. The van der Waals surface area contributed by atoms with E-state index in [9.17, 15) is 4.79 Å². The molecule has 0 bridgehead atoms. The lowest BCUT2D eigenvalue weighted by atomic mass is 9.92. The molecule has 4 rings (SSSR count). The summed E-state index contributed by atoms with van der Waals surface area (Å²) in [6, 6.07) is 19.3. The molecule has 4 aromatic rings. The fourth-order valence-corrected chi connectivity index (χ4v) is 3.28. The predicted octanol–water partition coefficient (Wildman–Crippen LogP) is 4.78. The topological polar surface area (TPSA) is 29.1 Å². The number of hydrogen-bond acceptors (Lipinski definition) is 1. The molecule has 0 heterocycles. The van der Waals surface area contributed by atoms with Gasteiger partial charge in [-0.2, -0.15) is 0 Å². The van der Waals surface area contributed by atoms with Gasteiger partial charge in [0, 0.05) is 12.1 Å². The quantitative estimate of drug-likeness (QED) is 0.428.